The topological polar surface area (TPSA) is 99.4 Å². The maximum absolute atomic E-state index is 9.64. The Kier molecular flexibility index (Phi) is 6.48. The number of aliphatic hydroxyl groups excluding tert-OH is 4. The molecule has 1 saturated heterocycles. The molecule has 0 amide bonds. The summed E-state index contributed by atoms with van der Waals surface area (Å²) in [5, 5.41) is 37.7. The van der Waals surface area contributed by atoms with Crippen molar-refractivity contribution < 1.29 is 29.9 Å². The summed E-state index contributed by atoms with van der Waals surface area (Å²) >= 11 is 0. The molecule has 1 aliphatic rings. The average Bonchev–Trinajstić information content (AvgIpc) is 2.38. The van der Waals surface area contributed by atoms with Crippen LogP contribution in [0.5, 0.6) is 0 Å². The Labute approximate surface area is 106 Å². The second-order valence-corrected chi connectivity index (χ2v) is 3.98. The lowest BCUT2D eigenvalue weighted by atomic mass is 9.99. The predicted molar refractivity (Wildman–Crippen MR) is 63.7 cm³/mol. The van der Waals surface area contributed by atoms with Crippen molar-refractivity contribution in [3.8, 4) is 0 Å². The number of ether oxygens (including phenoxy) is 2. The molecule has 0 aromatic carbocycles. The van der Waals surface area contributed by atoms with E-state index in [2.05, 4.69) is 0 Å². The van der Waals surface area contributed by atoms with Crippen LogP contribution in [0.3, 0.4) is 0 Å². The third kappa shape index (κ3) is 3.88. The molecule has 0 aliphatic carbocycles. The molecule has 1 rings (SSSR count). The molecule has 2 unspecified atom stereocenters. The van der Waals surface area contributed by atoms with Crippen molar-refractivity contribution in [1.29, 1.82) is 0 Å². The zero-order valence-corrected chi connectivity index (χ0v) is 10.2. The Morgan fingerprint density at radius 1 is 1.11 bits per heavy atom. The summed E-state index contributed by atoms with van der Waals surface area (Å²) < 4.78 is 10.4. The van der Waals surface area contributed by atoms with Gasteiger partial charge in [0.1, 0.15) is 24.4 Å². The molecular formula is C12H20O6. The summed E-state index contributed by atoms with van der Waals surface area (Å²) in [4.78, 5) is 0. The first kappa shape index (κ1) is 15.3. The van der Waals surface area contributed by atoms with Crippen LogP contribution in [0, 0.1) is 0 Å². The maximum Gasteiger partial charge on any atom is 0.187 e. The van der Waals surface area contributed by atoms with E-state index in [1.54, 1.807) is 12.2 Å². The van der Waals surface area contributed by atoms with Crippen LogP contribution in [0.2, 0.25) is 0 Å². The Balaban J connectivity index is 2.49. The lowest BCUT2D eigenvalue weighted by Crippen LogP contribution is -2.59. The van der Waals surface area contributed by atoms with E-state index < -0.39 is 37.3 Å². The van der Waals surface area contributed by atoms with Gasteiger partial charge in [-0.05, 0) is 6.92 Å². The summed E-state index contributed by atoms with van der Waals surface area (Å²) in [6, 6.07) is 0. The van der Waals surface area contributed by atoms with E-state index in [1.807, 2.05) is 19.1 Å². The number of aliphatic hydroxyl groups is 4. The van der Waals surface area contributed by atoms with Crippen LogP contribution in [0.1, 0.15) is 6.92 Å². The first-order chi connectivity index (χ1) is 8.61. The first-order valence-corrected chi connectivity index (χ1v) is 5.81. The number of hydrogen-bond donors (Lipinski definition) is 4. The van der Waals surface area contributed by atoms with Crippen LogP contribution in [-0.2, 0) is 9.47 Å². The molecule has 0 aromatic heterocycles. The molecule has 0 spiro atoms. The van der Waals surface area contributed by atoms with Crippen molar-refractivity contribution in [2.75, 3.05) is 13.2 Å². The van der Waals surface area contributed by atoms with Gasteiger partial charge >= 0.3 is 0 Å². The molecule has 1 fully saturated rings. The highest BCUT2D eigenvalue weighted by atomic mass is 16.7. The van der Waals surface area contributed by atoms with Gasteiger partial charge in [0.25, 0.3) is 0 Å². The highest BCUT2D eigenvalue weighted by Gasteiger charge is 2.43. The molecule has 6 heteroatoms. The lowest BCUT2D eigenvalue weighted by Gasteiger charge is -2.39. The van der Waals surface area contributed by atoms with Crippen molar-refractivity contribution in [1.82, 2.24) is 0 Å². The second kappa shape index (κ2) is 7.63. The fraction of sp³-hybridized carbons (Fsp3) is 0.667. The Hall–Kier alpha value is -0.760. The van der Waals surface area contributed by atoms with Crippen LogP contribution in [-0.4, -0.2) is 64.3 Å². The lowest BCUT2D eigenvalue weighted by molar-refractivity contribution is -0.298. The summed E-state index contributed by atoms with van der Waals surface area (Å²) in [6.07, 6.45) is 1.03. The molecular weight excluding hydrogens is 240 g/mol. The quantitative estimate of drug-likeness (QED) is 0.470. The Morgan fingerprint density at radius 2 is 1.83 bits per heavy atom. The molecule has 5 atom stereocenters. The van der Waals surface area contributed by atoms with Gasteiger partial charge in [-0.15, -0.1) is 0 Å². The van der Waals surface area contributed by atoms with Crippen LogP contribution in [0.15, 0.2) is 24.3 Å². The summed E-state index contributed by atoms with van der Waals surface area (Å²) in [5.41, 5.74) is 0. The SMILES string of the molecule is C/C=C/C=C/CO[C@@H]1OC(CO)[C@H](O)C(O)[C@@H]1O. The Morgan fingerprint density at radius 3 is 2.44 bits per heavy atom. The molecule has 0 aromatic rings. The molecule has 0 radical (unpaired) electrons. The van der Waals surface area contributed by atoms with Crippen LogP contribution >= 0.6 is 0 Å². The van der Waals surface area contributed by atoms with E-state index in [1.165, 1.54) is 0 Å². The van der Waals surface area contributed by atoms with Crippen molar-refractivity contribution in [2.45, 2.75) is 37.6 Å². The number of allylic oxidation sites excluding steroid dienone is 3. The van der Waals surface area contributed by atoms with E-state index in [-0.39, 0.29) is 6.61 Å². The van der Waals surface area contributed by atoms with Crippen LogP contribution < -0.4 is 0 Å². The third-order valence-corrected chi connectivity index (χ3v) is 2.64. The summed E-state index contributed by atoms with van der Waals surface area (Å²) in [6.45, 7) is 1.61. The molecule has 1 aliphatic heterocycles. The molecule has 18 heavy (non-hydrogen) atoms. The minimum Gasteiger partial charge on any atom is -0.394 e. The molecule has 0 saturated carbocycles. The molecule has 1 heterocycles. The van der Waals surface area contributed by atoms with Gasteiger partial charge in [-0.1, -0.05) is 24.3 Å². The zero-order valence-electron chi connectivity index (χ0n) is 10.2. The highest BCUT2D eigenvalue weighted by Crippen LogP contribution is 2.21. The fourth-order valence-corrected chi connectivity index (χ4v) is 1.60. The van der Waals surface area contributed by atoms with E-state index in [9.17, 15) is 15.3 Å². The first-order valence-electron chi connectivity index (χ1n) is 5.81. The molecule has 0 bridgehead atoms. The summed E-state index contributed by atoms with van der Waals surface area (Å²) in [5.74, 6) is 0. The fourth-order valence-electron chi connectivity index (χ4n) is 1.60. The van der Waals surface area contributed by atoms with Crippen LogP contribution in [0.25, 0.3) is 0 Å². The maximum atomic E-state index is 9.64. The zero-order chi connectivity index (χ0) is 13.5. The monoisotopic (exact) mass is 260 g/mol. The Bertz CT molecular complexity index is 288. The van der Waals surface area contributed by atoms with Gasteiger partial charge in [0.2, 0.25) is 0 Å². The third-order valence-electron chi connectivity index (χ3n) is 2.64. The van der Waals surface area contributed by atoms with Crippen molar-refractivity contribution in [2.24, 2.45) is 0 Å². The largest absolute Gasteiger partial charge is 0.394 e. The van der Waals surface area contributed by atoms with Gasteiger partial charge in [-0.2, -0.15) is 0 Å². The highest BCUT2D eigenvalue weighted by molar-refractivity contribution is 5.01. The van der Waals surface area contributed by atoms with E-state index in [0.29, 0.717) is 0 Å². The minimum atomic E-state index is -1.40. The molecule has 6 nitrogen and oxygen atoms in total. The van der Waals surface area contributed by atoms with Crippen molar-refractivity contribution in [3.63, 3.8) is 0 Å². The van der Waals surface area contributed by atoms with E-state index in [4.69, 9.17) is 14.6 Å². The summed E-state index contributed by atoms with van der Waals surface area (Å²) in [7, 11) is 0. The van der Waals surface area contributed by atoms with Gasteiger partial charge in [0, 0.05) is 0 Å². The van der Waals surface area contributed by atoms with Gasteiger partial charge < -0.3 is 29.9 Å². The number of hydrogen-bond acceptors (Lipinski definition) is 6. The standard InChI is InChI=1S/C12H20O6/c1-2-3-4-5-6-17-12-11(16)10(15)9(14)8(7-13)18-12/h2-5,8-16H,6-7H2,1H3/b3-2+,5-4+/t8?,9-,10?,11-,12+/m0/s1. The normalized spacial score (nSPS) is 37.7. The van der Waals surface area contributed by atoms with Gasteiger partial charge in [0.15, 0.2) is 6.29 Å². The van der Waals surface area contributed by atoms with Gasteiger partial charge in [0.05, 0.1) is 13.2 Å². The van der Waals surface area contributed by atoms with E-state index in [0.717, 1.165) is 0 Å². The number of rotatable bonds is 5. The van der Waals surface area contributed by atoms with Gasteiger partial charge in [-0.25, -0.2) is 0 Å². The van der Waals surface area contributed by atoms with Crippen molar-refractivity contribution in [3.05, 3.63) is 24.3 Å². The minimum absolute atomic E-state index is 0.188. The molecule has 4 N–H and O–H groups in total. The van der Waals surface area contributed by atoms with Gasteiger partial charge in [-0.3, -0.25) is 0 Å². The predicted octanol–water partition coefficient (Wildman–Crippen LogP) is -1.06. The van der Waals surface area contributed by atoms with Crippen molar-refractivity contribution >= 4 is 0 Å². The average molecular weight is 260 g/mol. The molecule has 104 valence electrons. The smallest absolute Gasteiger partial charge is 0.187 e. The van der Waals surface area contributed by atoms with E-state index >= 15 is 0 Å². The second-order valence-electron chi connectivity index (χ2n) is 3.98. The van der Waals surface area contributed by atoms with Crippen LogP contribution in [0.4, 0.5) is 0 Å².